The quantitative estimate of drug-likeness (QED) is 0.650. The second-order valence-electron chi connectivity index (χ2n) is 3.83. The van der Waals surface area contributed by atoms with Crippen molar-refractivity contribution in [3.8, 4) is 6.07 Å². The predicted molar refractivity (Wildman–Crippen MR) is 57.7 cm³/mol. The standard InChI is InChI=1S/C9H18N2O3S/c1-4-14-5-6-15(12,13)11-8-9(2,3)7-10/h11H,4-6,8H2,1-3H3. The van der Waals surface area contributed by atoms with E-state index in [1.165, 1.54) is 0 Å². The van der Waals surface area contributed by atoms with E-state index in [0.717, 1.165) is 0 Å². The van der Waals surface area contributed by atoms with Crippen LogP contribution in [0.25, 0.3) is 0 Å². The van der Waals surface area contributed by atoms with E-state index in [-0.39, 0.29) is 18.9 Å². The zero-order valence-electron chi connectivity index (χ0n) is 9.41. The fourth-order valence-corrected chi connectivity index (χ4v) is 1.78. The number of sulfonamides is 1. The molecule has 0 radical (unpaired) electrons. The van der Waals surface area contributed by atoms with Gasteiger partial charge in [0.1, 0.15) is 0 Å². The predicted octanol–water partition coefficient (Wildman–Crippen LogP) is 0.492. The Hall–Kier alpha value is -0.640. The summed E-state index contributed by atoms with van der Waals surface area (Å²) in [4.78, 5) is 0. The molecule has 0 aliphatic carbocycles. The molecule has 0 amide bonds. The van der Waals surface area contributed by atoms with Crippen molar-refractivity contribution in [1.82, 2.24) is 4.72 Å². The summed E-state index contributed by atoms with van der Waals surface area (Å²) in [7, 11) is -3.32. The summed E-state index contributed by atoms with van der Waals surface area (Å²) in [6.07, 6.45) is 0. The van der Waals surface area contributed by atoms with Crippen LogP contribution in [-0.2, 0) is 14.8 Å². The van der Waals surface area contributed by atoms with Gasteiger partial charge in [-0.25, -0.2) is 13.1 Å². The first-order valence-corrected chi connectivity index (χ1v) is 6.44. The van der Waals surface area contributed by atoms with Crippen molar-refractivity contribution in [1.29, 1.82) is 5.26 Å². The third kappa shape index (κ3) is 7.31. The zero-order valence-corrected chi connectivity index (χ0v) is 10.2. The molecule has 5 nitrogen and oxygen atoms in total. The van der Waals surface area contributed by atoms with Crippen LogP contribution in [0.15, 0.2) is 0 Å². The maximum atomic E-state index is 11.4. The molecule has 0 saturated heterocycles. The average molecular weight is 234 g/mol. The van der Waals surface area contributed by atoms with E-state index >= 15 is 0 Å². The van der Waals surface area contributed by atoms with Gasteiger partial charge in [0.25, 0.3) is 0 Å². The monoisotopic (exact) mass is 234 g/mol. The lowest BCUT2D eigenvalue weighted by atomic mass is 9.97. The number of nitrogens with one attached hydrogen (secondary N) is 1. The number of ether oxygens (including phenoxy) is 1. The molecule has 0 spiro atoms. The van der Waals surface area contributed by atoms with Crippen molar-refractivity contribution >= 4 is 10.0 Å². The summed E-state index contributed by atoms with van der Waals surface area (Å²) in [6.45, 7) is 5.96. The molecule has 0 aromatic carbocycles. The molecule has 1 N–H and O–H groups in total. The van der Waals surface area contributed by atoms with Gasteiger partial charge in [-0.05, 0) is 20.8 Å². The second kappa shape index (κ2) is 6.05. The Morgan fingerprint density at radius 1 is 1.47 bits per heavy atom. The minimum Gasteiger partial charge on any atom is -0.381 e. The van der Waals surface area contributed by atoms with Gasteiger partial charge in [-0.1, -0.05) is 0 Å². The highest BCUT2D eigenvalue weighted by Gasteiger charge is 2.20. The van der Waals surface area contributed by atoms with Crippen LogP contribution in [0.4, 0.5) is 0 Å². The summed E-state index contributed by atoms with van der Waals surface area (Å²) in [6, 6.07) is 2.02. The van der Waals surface area contributed by atoms with Crippen LogP contribution in [0, 0.1) is 16.7 Å². The largest absolute Gasteiger partial charge is 0.381 e. The van der Waals surface area contributed by atoms with E-state index in [9.17, 15) is 8.42 Å². The van der Waals surface area contributed by atoms with Gasteiger partial charge in [0.15, 0.2) is 0 Å². The fourth-order valence-electron chi connectivity index (χ4n) is 0.715. The molecule has 0 fully saturated rings. The van der Waals surface area contributed by atoms with Crippen LogP contribution < -0.4 is 4.72 Å². The van der Waals surface area contributed by atoms with Gasteiger partial charge in [0, 0.05) is 13.2 Å². The first-order chi connectivity index (χ1) is 6.83. The van der Waals surface area contributed by atoms with Crippen LogP contribution in [0.5, 0.6) is 0 Å². The van der Waals surface area contributed by atoms with Crippen molar-refractivity contribution in [2.45, 2.75) is 20.8 Å². The van der Waals surface area contributed by atoms with E-state index < -0.39 is 15.4 Å². The van der Waals surface area contributed by atoms with Gasteiger partial charge >= 0.3 is 0 Å². The van der Waals surface area contributed by atoms with Crippen LogP contribution >= 0.6 is 0 Å². The molecule has 88 valence electrons. The lowest BCUT2D eigenvalue weighted by Crippen LogP contribution is -2.35. The van der Waals surface area contributed by atoms with Crippen LogP contribution in [0.1, 0.15) is 20.8 Å². The smallest absolute Gasteiger partial charge is 0.213 e. The van der Waals surface area contributed by atoms with Gasteiger partial charge in [0.2, 0.25) is 10.0 Å². The molecule has 0 rings (SSSR count). The molecule has 0 aromatic heterocycles. The third-order valence-electron chi connectivity index (χ3n) is 1.74. The van der Waals surface area contributed by atoms with E-state index in [4.69, 9.17) is 10.00 Å². The molecule has 0 aliphatic rings. The van der Waals surface area contributed by atoms with Crippen LogP contribution in [0.2, 0.25) is 0 Å². The Balaban J connectivity index is 4.01. The molecular weight excluding hydrogens is 216 g/mol. The molecule has 0 atom stereocenters. The topological polar surface area (TPSA) is 79.2 Å². The Labute approximate surface area is 91.5 Å². The third-order valence-corrected chi connectivity index (χ3v) is 3.03. The average Bonchev–Trinajstić information content (AvgIpc) is 2.16. The second-order valence-corrected chi connectivity index (χ2v) is 5.76. The normalized spacial score (nSPS) is 12.4. The summed E-state index contributed by atoms with van der Waals surface area (Å²) >= 11 is 0. The Morgan fingerprint density at radius 3 is 2.53 bits per heavy atom. The molecule has 0 heterocycles. The number of hydrogen-bond acceptors (Lipinski definition) is 4. The van der Waals surface area contributed by atoms with Crippen molar-refractivity contribution in [3.05, 3.63) is 0 Å². The highest BCUT2D eigenvalue weighted by molar-refractivity contribution is 7.89. The van der Waals surface area contributed by atoms with Crippen molar-refractivity contribution in [2.75, 3.05) is 25.5 Å². The zero-order chi connectivity index (χ0) is 11.9. The number of hydrogen-bond donors (Lipinski definition) is 1. The van der Waals surface area contributed by atoms with Gasteiger partial charge in [-0.2, -0.15) is 5.26 Å². The minimum absolute atomic E-state index is 0.0671. The molecule has 0 aliphatic heterocycles. The molecule has 0 saturated carbocycles. The Morgan fingerprint density at radius 2 is 2.07 bits per heavy atom. The van der Waals surface area contributed by atoms with Crippen molar-refractivity contribution in [2.24, 2.45) is 5.41 Å². The molecule has 15 heavy (non-hydrogen) atoms. The molecular formula is C9H18N2O3S. The van der Waals surface area contributed by atoms with Gasteiger partial charge in [0.05, 0.1) is 23.8 Å². The van der Waals surface area contributed by atoms with E-state index in [0.29, 0.717) is 6.61 Å². The highest BCUT2D eigenvalue weighted by atomic mass is 32.2. The van der Waals surface area contributed by atoms with Crippen LogP contribution in [0.3, 0.4) is 0 Å². The Kier molecular flexibility index (Phi) is 5.80. The highest BCUT2D eigenvalue weighted by Crippen LogP contribution is 2.11. The Bertz CT molecular complexity index is 317. The van der Waals surface area contributed by atoms with Gasteiger partial charge in [-0.3, -0.25) is 0 Å². The molecule has 0 unspecified atom stereocenters. The first-order valence-electron chi connectivity index (χ1n) is 4.79. The molecule has 0 bridgehead atoms. The summed E-state index contributed by atoms with van der Waals surface area (Å²) < 4.78 is 30.1. The van der Waals surface area contributed by atoms with Crippen molar-refractivity contribution in [3.63, 3.8) is 0 Å². The molecule has 0 aromatic rings. The summed E-state index contributed by atoms with van der Waals surface area (Å²) in [5.41, 5.74) is -0.682. The lowest BCUT2D eigenvalue weighted by Gasteiger charge is -2.15. The summed E-state index contributed by atoms with van der Waals surface area (Å²) in [5, 5.41) is 8.70. The van der Waals surface area contributed by atoms with E-state index in [1.54, 1.807) is 20.8 Å². The number of nitrogens with zero attached hydrogens (tertiary/aromatic N) is 1. The fraction of sp³-hybridized carbons (Fsp3) is 0.889. The SMILES string of the molecule is CCOCCS(=O)(=O)NCC(C)(C)C#N. The minimum atomic E-state index is -3.32. The number of rotatable bonds is 7. The van der Waals surface area contributed by atoms with Crippen molar-refractivity contribution < 1.29 is 13.2 Å². The lowest BCUT2D eigenvalue weighted by molar-refractivity contribution is 0.163. The summed E-state index contributed by atoms with van der Waals surface area (Å²) in [5.74, 6) is -0.0671. The first kappa shape index (κ1) is 14.4. The maximum absolute atomic E-state index is 11.4. The van der Waals surface area contributed by atoms with Crippen LogP contribution in [-0.4, -0.2) is 33.9 Å². The van der Waals surface area contributed by atoms with Gasteiger partial charge < -0.3 is 4.74 Å². The molecule has 6 heteroatoms. The van der Waals surface area contributed by atoms with Gasteiger partial charge in [-0.15, -0.1) is 0 Å². The van der Waals surface area contributed by atoms with E-state index in [1.807, 2.05) is 6.07 Å². The maximum Gasteiger partial charge on any atom is 0.213 e. The number of nitriles is 1. The van der Waals surface area contributed by atoms with E-state index in [2.05, 4.69) is 4.72 Å².